The Labute approximate surface area is 445 Å². The van der Waals surface area contributed by atoms with E-state index in [-0.39, 0.29) is 48.8 Å². The lowest BCUT2D eigenvalue weighted by Crippen LogP contribution is -2.61. The molecule has 8 amide bonds. The van der Waals surface area contributed by atoms with Crippen LogP contribution in [0.3, 0.4) is 0 Å². The zero-order valence-corrected chi connectivity index (χ0v) is 44.1. The lowest BCUT2D eigenvalue weighted by molar-refractivity contribution is -0.158. The molecule has 3 aromatic rings. The van der Waals surface area contributed by atoms with E-state index in [0.29, 0.717) is 15.9 Å². The van der Waals surface area contributed by atoms with E-state index in [9.17, 15) is 63.4 Å². The summed E-state index contributed by atoms with van der Waals surface area (Å²) in [5.74, 6) is -9.71. The molecule has 1 fully saturated rings. The van der Waals surface area contributed by atoms with Gasteiger partial charge in [-0.3, -0.25) is 43.2 Å². The number of amides is 8. The highest BCUT2D eigenvalue weighted by Gasteiger charge is 2.41. The van der Waals surface area contributed by atoms with Crippen LogP contribution < -0.4 is 37.2 Å². The predicted octanol–water partition coefficient (Wildman–Crippen LogP) is 0.0122. The van der Waals surface area contributed by atoms with Crippen molar-refractivity contribution in [2.45, 2.75) is 116 Å². The highest BCUT2D eigenvalue weighted by atomic mass is 16.6. The summed E-state index contributed by atoms with van der Waals surface area (Å²) in [7, 11) is 1.29. The number of esters is 1. The molecule has 24 heteroatoms. The van der Waals surface area contributed by atoms with Crippen LogP contribution in [0.4, 0.5) is 0 Å². The van der Waals surface area contributed by atoms with Gasteiger partial charge in [-0.05, 0) is 75.9 Å². The van der Waals surface area contributed by atoms with E-state index in [0.717, 1.165) is 4.90 Å². The molecule has 10 N–H and O–H groups in total. The van der Waals surface area contributed by atoms with E-state index in [2.05, 4.69) is 37.2 Å². The van der Waals surface area contributed by atoms with E-state index in [4.69, 9.17) is 9.47 Å². The fraction of sp³-hybridized carbons (Fsp3) is 0.434. The number of aromatic hydroxyl groups is 1. The number of carbonyl (C=O) groups is 10. The van der Waals surface area contributed by atoms with Gasteiger partial charge in [0.25, 0.3) is 5.91 Å². The summed E-state index contributed by atoms with van der Waals surface area (Å²) in [4.78, 5) is 139. The SMILES string of the molecule is CCC(C)C1NC(=O)C(NC(=O)C(C)NC(=O)c2cccn2O)C(C)OC(=O)C(COC/C=C(C)/C=C/C(=O)NCC(C)=O)NC(=O)C(C(C)O)NC(=O)C(Cc2ccccc2)N(C)C(=O)C(c2ccc(O)cc2)NC1=O. The molecule has 24 nitrogen and oxygen atoms in total. The first-order valence-electron chi connectivity index (χ1n) is 24.8. The fourth-order valence-electron chi connectivity index (χ4n) is 7.63. The highest BCUT2D eigenvalue weighted by molar-refractivity contribution is 6.00. The molecular formula is C53H69N9O15. The smallest absolute Gasteiger partial charge is 0.331 e. The average molecular weight is 1070 g/mol. The molecule has 1 aromatic heterocycles. The number of phenols is 1. The number of ketones is 1. The van der Waals surface area contributed by atoms with Crippen molar-refractivity contribution in [1.29, 1.82) is 0 Å². The third kappa shape index (κ3) is 18.2. The summed E-state index contributed by atoms with van der Waals surface area (Å²) >= 11 is 0. The van der Waals surface area contributed by atoms with E-state index in [1.54, 1.807) is 51.1 Å². The quantitative estimate of drug-likeness (QED) is 0.0264. The molecule has 77 heavy (non-hydrogen) atoms. The molecule has 0 bridgehead atoms. The minimum absolute atomic E-state index is 0.146. The van der Waals surface area contributed by atoms with Crippen molar-refractivity contribution in [3.8, 4) is 5.75 Å². The van der Waals surface area contributed by atoms with E-state index >= 15 is 0 Å². The van der Waals surface area contributed by atoms with Gasteiger partial charge in [0.15, 0.2) is 6.04 Å². The summed E-state index contributed by atoms with van der Waals surface area (Å²) in [5.41, 5.74) is 0.988. The van der Waals surface area contributed by atoms with Crippen molar-refractivity contribution in [3.05, 3.63) is 114 Å². The Balaban J connectivity index is 1.84. The molecule has 416 valence electrons. The maximum atomic E-state index is 14.9. The first-order chi connectivity index (χ1) is 36.4. The molecular weight excluding hydrogens is 1000 g/mol. The summed E-state index contributed by atoms with van der Waals surface area (Å²) in [6.07, 6.45) is 2.11. The van der Waals surface area contributed by atoms with Crippen molar-refractivity contribution in [3.63, 3.8) is 0 Å². The van der Waals surface area contributed by atoms with Crippen molar-refractivity contribution in [1.82, 2.24) is 46.8 Å². The summed E-state index contributed by atoms with van der Waals surface area (Å²) in [5, 5.41) is 48.9. The number of aliphatic hydroxyl groups excluding tert-OH is 1. The van der Waals surface area contributed by atoms with Crippen LogP contribution in [0, 0.1) is 5.92 Å². The first kappa shape index (κ1) is 61.2. The van der Waals surface area contributed by atoms with Crippen molar-refractivity contribution in [2.75, 3.05) is 26.8 Å². The van der Waals surface area contributed by atoms with E-state index in [1.165, 1.54) is 95.6 Å². The second kappa shape index (κ2) is 29.1. The average Bonchev–Trinajstić information content (AvgIpc) is 3.83. The van der Waals surface area contributed by atoms with Gasteiger partial charge < -0.3 is 67.0 Å². The van der Waals surface area contributed by atoms with Crippen LogP contribution in [0.15, 0.2) is 96.7 Å². The molecule has 2 heterocycles. The van der Waals surface area contributed by atoms with Crippen LogP contribution >= 0.6 is 0 Å². The number of Topliss-reactive ketones (excluding diaryl/α,β-unsaturated/α-hetero) is 1. The minimum atomic E-state index is -1.86. The molecule has 0 spiro atoms. The Morgan fingerprint density at radius 3 is 2.09 bits per heavy atom. The van der Waals surface area contributed by atoms with Crippen molar-refractivity contribution < 1.29 is 72.8 Å². The first-order valence-corrected chi connectivity index (χ1v) is 24.8. The molecule has 1 saturated heterocycles. The molecule has 1 aliphatic heterocycles. The number of nitrogens with one attached hydrogen (secondary N) is 7. The number of aromatic nitrogens is 1. The Morgan fingerprint density at radius 2 is 1.48 bits per heavy atom. The molecule has 10 atom stereocenters. The second-order valence-corrected chi connectivity index (χ2v) is 18.6. The zero-order chi connectivity index (χ0) is 57.1. The number of hydrogen-bond acceptors (Lipinski definition) is 15. The maximum absolute atomic E-state index is 14.9. The number of aliphatic hydroxyl groups is 1. The van der Waals surface area contributed by atoms with Gasteiger partial charge in [-0.1, -0.05) is 80.5 Å². The minimum Gasteiger partial charge on any atom is -0.508 e. The normalized spacial score (nSPS) is 22.6. The van der Waals surface area contributed by atoms with Crippen LogP contribution in [-0.4, -0.2) is 159 Å². The van der Waals surface area contributed by atoms with Crippen LogP contribution in [0.25, 0.3) is 0 Å². The fourth-order valence-corrected chi connectivity index (χ4v) is 7.63. The number of hydrogen-bond donors (Lipinski definition) is 10. The molecule has 1 aliphatic rings. The van der Waals surface area contributed by atoms with Crippen LogP contribution in [0.5, 0.6) is 5.75 Å². The van der Waals surface area contributed by atoms with Crippen molar-refractivity contribution >= 4 is 59.0 Å². The third-order valence-electron chi connectivity index (χ3n) is 12.5. The van der Waals surface area contributed by atoms with Crippen molar-refractivity contribution in [2.24, 2.45) is 5.92 Å². The lowest BCUT2D eigenvalue weighted by atomic mass is 9.96. The number of rotatable bonds is 18. The van der Waals surface area contributed by atoms with Gasteiger partial charge in [0, 0.05) is 25.7 Å². The monoisotopic (exact) mass is 1070 g/mol. The Bertz CT molecular complexity index is 2650. The Hall–Kier alpha value is -8.38. The van der Waals surface area contributed by atoms with Gasteiger partial charge in [-0.2, -0.15) is 4.73 Å². The molecule has 2 aromatic carbocycles. The van der Waals surface area contributed by atoms with Gasteiger partial charge >= 0.3 is 5.97 Å². The number of cyclic esters (lactones) is 1. The van der Waals surface area contributed by atoms with Crippen LogP contribution in [0.1, 0.15) is 82.5 Å². The number of benzene rings is 2. The molecule has 0 saturated carbocycles. The molecule has 10 unspecified atom stereocenters. The van der Waals surface area contributed by atoms with Crippen LogP contribution in [-0.2, 0) is 59.0 Å². The highest BCUT2D eigenvalue weighted by Crippen LogP contribution is 2.23. The topological polar surface area (TPSA) is 342 Å². The number of allylic oxidation sites excluding steroid dienone is 2. The standard InChI is InChI=1S/C53H69N9O15/c1-9-30(3)42-49(70)60-45(36-18-20-37(65)21-19-36)52(73)61(8)40(26-35-14-11-10-12-15-35)48(69)58-43(33(6)64)50(71)56-38(28-76-25-23-29(2)17-22-41(66)54-27-31(4)63)53(74)77-34(7)44(51(72)57-42)59-46(67)32(5)55-47(68)39-16-13-24-62(39)75/h10-24,30,32-34,38,40,42-45,64-65,75H,9,25-28H2,1-8H3,(H,54,66)(H,55,68)(H,56,71)(H,57,72)(H,58,69)(H,59,67)(H,60,70)/b22-17+,29-23+. The number of likely N-dealkylation sites (N-methyl/N-ethyl adjacent to an activating group) is 1. The summed E-state index contributed by atoms with van der Waals surface area (Å²) in [6.45, 7) is 8.92. The van der Waals surface area contributed by atoms with Gasteiger partial charge in [0.2, 0.25) is 41.4 Å². The predicted molar refractivity (Wildman–Crippen MR) is 276 cm³/mol. The van der Waals surface area contributed by atoms with Gasteiger partial charge in [-0.15, -0.1) is 0 Å². The van der Waals surface area contributed by atoms with E-state index in [1.807, 2.05) is 0 Å². The number of carbonyl (C=O) groups excluding carboxylic acids is 10. The van der Waals surface area contributed by atoms with Gasteiger partial charge in [0.05, 0.1) is 25.9 Å². The van der Waals surface area contributed by atoms with Gasteiger partial charge in [0.1, 0.15) is 59.6 Å². The maximum Gasteiger partial charge on any atom is 0.331 e. The number of nitrogens with zero attached hydrogens (tertiary/aromatic N) is 2. The summed E-state index contributed by atoms with van der Waals surface area (Å²) in [6, 6.07) is 5.09. The molecule has 0 radical (unpaired) electrons. The zero-order valence-electron chi connectivity index (χ0n) is 44.1. The number of ether oxygens (including phenoxy) is 2. The largest absolute Gasteiger partial charge is 0.508 e. The third-order valence-corrected chi connectivity index (χ3v) is 12.5. The molecule has 4 rings (SSSR count). The Kier molecular flexibility index (Phi) is 23.1. The lowest BCUT2D eigenvalue weighted by Gasteiger charge is -2.34. The van der Waals surface area contributed by atoms with Crippen LogP contribution in [0.2, 0.25) is 0 Å². The second-order valence-electron chi connectivity index (χ2n) is 18.6. The summed E-state index contributed by atoms with van der Waals surface area (Å²) < 4.78 is 12.1. The Morgan fingerprint density at radius 1 is 0.831 bits per heavy atom. The van der Waals surface area contributed by atoms with Gasteiger partial charge in [-0.25, -0.2) is 4.79 Å². The molecule has 0 aliphatic carbocycles. The number of phenolic OH excluding ortho intramolecular Hbond substituents is 1. The van der Waals surface area contributed by atoms with E-state index < -0.39 is 120 Å².